The van der Waals surface area contributed by atoms with Crippen molar-refractivity contribution in [2.75, 3.05) is 11.2 Å². The zero-order valence-electron chi connectivity index (χ0n) is 6.94. The van der Waals surface area contributed by atoms with Crippen molar-refractivity contribution in [3.63, 3.8) is 0 Å². The van der Waals surface area contributed by atoms with Crippen molar-refractivity contribution < 1.29 is 9.72 Å². The molecule has 0 aliphatic carbocycles. The summed E-state index contributed by atoms with van der Waals surface area (Å²) in [5, 5.41) is 12.7. The molecule has 0 saturated carbocycles. The molecule has 0 aliphatic heterocycles. The normalized spacial score (nSPS) is 9.50. The van der Waals surface area contributed by atoms with Gasteiger partial charge in [0.1, 0.15) is 17.8 Å². The predicted octanol–water partition coefficient (Wildman–Crippen LogP) is 1.17. The number of carbonyl (C=O) groups is 1. The smallest absolute Gasteiger partial charge is 0.358 e. The Labute approximate surface area is 84.0 Å². The molecule has 1 aromatic rings. The summed E-state index contributed by atoms with van der Waals surface area (Å²) in [4.78, 5) is 24.1. The topological polar surface area (TPSA) is 85.1 Å². The number of nitrogens with zero attached hydrogens (tertiary/aromatic N) is 2. The number of hydrogen-bond acceptors (Lipinski definition) is 4. The average Bonchev–Trinajstić information content (AvgIpc) is 2.18. The summed E-state index contributed by atoms with van der Waals surface area (Å²) in [5.41, 5.74) is 0.0446. The van der Waals surface area contributed by atoms with Crippen LogP contribution in [0.25, 0.3) is 0 Å². The summed E-state index contributed by atoms with van der Waals surface area (Å²) in [7, 11) is 0. The lowest BCUT2D eigenvalue weighted by molar-refractivity contribution is -0.388. The highest BCUT2D eigenvalue weighted by molar-refractivity contribution is 6.29. The fourth-order valence-electron chi connectivity index (χ4n) is 0.824. The molecule has 1 rings (SSSR count). The first-order valence-corrected chi connectivity index (χ1v) is 4.14. The van der Waals surface area contributed by atoms with Crippen LogP contribution in [0.5, 0.6) is 0 Å². The number of alkyl halides is 1. The third-order valence-corrected chi connectivity index (χ3v) is 1.60. The molecular formula is C7H6ClN3O3. The number of nitrogens with one attached hydrogen (secondary N) is 1. The van der Waals surface area contributed by atoms with Crippen LogP contribution >= 0.6 is 11.6 Å². The van der Waals surface area contributed by atoms with Gasteiger partial charge in [-0.05, 0) is 22.0 Å². The van der Waals surface area contributed by atoms with E-state index in [1.165, 1.54) is 18.3 Å². The van der Waals surface area contributed by atoms with Gasteiger partial charge in [-0.15, -0.1) is 11.6 Å². The number of anilines is 1. The molecule has 0 bridgehead atoms. The van der Waals surface area contributed by atoms with Crippen molar-refractivity contribution in [3.8, 4) is 0 Å². The van der Waals surface area contributed by atoms with E-state index < -0.39 is 16.6 Å². The molecule has 0 unspecified atom stereocenters. The molecule has 1 aromatic heterocycles. The van der Waals surface area contributed by atoms with Crippen molar-refractivity contribution in [1.82, 2.24) is 4.98 Å². The van der Waals surface area contributed by atoms with E-state index in [0.29, 0.717) is 0 Å². The van der Waals surface area contributed by atoms with Crippen molar-refractivity contribution in [3.05, 3.63) is 28.4 Å². The van der Waals surface area contributed by atoms with Crippen molar-refractivity contribution in [1.29, 1.82) is 0 Å². The average molecular weight is 216 g/mol. The lowest BCUT2D eigenvalue weighted by Gasteiger charge is -2.02. The number of carbonyl (C=O) groups excluding carboxylic acids is 1. The van der Waals surface area contributed by atoms with Crippen LogP contribution < -0.4 is 5.32 Å². The van der Waals surface area contributed by atoms with Gasteiger partial charge in [-0.25, -0.2) is 0 Å². The van der Waals surface area contributed by atoms with Crippen LogP contribution in [-0.2, 0) is 4.79 Å². The van der Waals surface area contributed by atoms with Crippen LogP contribution in [0.3, 0.4) is 0 Å². The molecule has 0 saturated heterocycles. The van der Waals surface area contributed by atoms with Gasteiger partial charge in [-0.1, -0.05) is 0 Å². The molecule has 74 valence electrons. The lowest BCUT2D eigenvalue weighted by Crippen LogP contribution is -2.14. The minimum absolute atomic E-state index is 0.0446. The Hall–Kier alpha value is -1.69. The molecule has 1 N–H and O–H groups in total. The molecule has 0 radical (unpaired) electrons. The van der Waals surface area contributed by atoms with E-state index in [9.17, 15) is 14.9 Å². The summed E-state index contributed by atoms with van der Waals surface area (Å²) in [6.45, 7) is 0. The molecule has 0 fully saturated rings. The maximum Gasteiger partial charge on any atom is 0.387 e. The van der Waals surface area contributed by atoms with Gasteiger partial charge in [0.25, 0.3) is 0 Å². The van der Waals surface area contributed by atoms with Crippen LogP contribution in [-0.4, -0.2) is 21.7 Å². The number of nitro groups is 1. The fraction of sp³-hybridized carbons (Fsp3) is 0.143. The zero-order chi connectivity index (χ0) is 10.6. The Morgan fingerprint density at radius 1 is 1.71 bits per heavy atom. The summed E-state index contributed by atoms with van der Waals surface area (Å²) in [6, 6.07) is 2.87. The minimum Gasteiger partial charge on any atom is -0.358 e. The first-order valence-electron chi connectivity index (χ1n) is 3.60. The quantitative estimate of drug-likeness (QED) is 0.466. The Balaban J connectivity index is 2.95. The first-order chi connectivity index (χ1) is 6.65. The molecule has 0 spiro atoms. The minimum atomic E-state index is -0.677. The molecule has 0 atom stereocenters. The van der Waals surface area contributed by atoms with Crippen LogP contribution in [0, 0.1) is 10.1 Å². The predicted molar refractivity (Wildman–Crippen MR) is 50.2 cm³/mol. The van der Waals surface area contributed by atoms with Gasteiger partial charge in [0.05, 0.1) is 0 Å². The number of hydrogen-bond donors (Lipinski definition) is 1. The highest BCUT2D eigenvalue weighted by Gasteiger charge is 2.15. The monoisotopic (exact) mass is 215 g/mol. The van der Waals surface area contributed by atoms with E-state index >= 15 is 0 Å². The van der Waals surface area contributed by atoms with Gasteiger partial charge in [0, 0.05) is 0 Å². The van der Waals surface area contributed by atoms with Crippen LogP contribution in [0.15, 0.2) is 18.3 Å². The summed E-state index contributed by atoms with van der Waals surface area (Å²) in [5.74, 6) is -1.17. The summed E-state index contributed by atoms with van der Waals surface area (Å²) in [6.07, 6.45) is 1.27. The van der Waals surface area contributed by atoms with Gasteiger partial charge in [0.15, 0.2) is 0 Å². The maximum atomic E-state index is 10.9. The summed E-state index contributed by atoms with van der Waals surface area (Å²) >= 11 is 5.23. The van der Waals surface area contributed by atoms with Crippen LogP contribution in [0.4, 0.5) is 11.5 Å². The van der Waals surface area contributed by atoms with E-state index in [1.54, 1.807) is 0 Å². The van der Waals surface area contributed by atoms with Gasteiger partial charge < -0.3 is 15.4 Å². The fourth-order valence-corrected chi connectivity index (χ4v) is 0.890. The highest BCUT2D eigenvalue weighted by atomic mass is 35.5. The molecule has 6 nitrogen and oxygen atoms in total. The van der Waals surface area contributed by atoms with E-state index in [0.717, 1.165) is 0 Å². The number of rotatable bonds is 3. The third-order valence-electron chi connectivity index (χ3n) is 1.36. The molecular weight excluding hydrogens is 210 g/mol. The van der Waals surface area contributed by atoms with Crippen molar-refractivity contribution >= 4 is 29.0 Å². The van der Waals surface area contributed by atoms with Crippen molar-refractivity contribution in [2.24, 2.45) is 0 Å². The molecule has 1 heterocycles. The second kappa shape index (κ2) is 4.52. The Kier molecular flexibility index (Phi) is 3.35. The standard InChI is InChI=1S/C7H6ClN3O3/c8-4-6(12)10-5-2-1-3-9-7(5)11(13)14/h1-3H,4H2,(H,10,12). The molecule has 1 amide bonds. The number of amides is 1. The molecule has 7 heteroatoms. The van der Waals surface area contributed by atoms with E-state index in [4.69, 9.17) is 11.6 Å². The first kappa shape index (κ1) is 10.4. The lowest BCUT2D eigenvalue weighted by atomic mass is 10.4. The largest absolute Gasteiger partial charge is 0.387 e. The van der Waals surface area contributed by atoms with E-state index in [1.807, 2.05) is 0 Å². The van der Waals surface area contributed by atoms with Gasteiger partial charge in [-0.2, -0.15) is 0 Å². The molecule has 14 heavy (non-hydrogen) atoms. The van der Waals surface area contributed by atoms with Crippen LogP contribution in [0.1, 0.15) is 0 Å². The number of aromatic nitrogens is 1. The third kappa shape index (κ3) is 2.40. The summed E-state index contributed by atoms with van der Waals surface area (Å²) < 4.78 is 0. The number of halogens is 1. The second-order valence-electron chi connectivity index (χ2n) is 2.31. The maximum absolute atomic E-state index is 10.9. The second-order valence-corrected chi connectivity index (χ2v) is 2.58. The van der Waals surface area contributed by atoms with Crippen molar-refractivity contribution in [2.45, 2.75) is 0 Å². The Morgan fingerprint density at radius 3 is 3.00 bits per heavy atom. The number of pyridine rings is 1. The van der Waals surface area contributed by atoms with E-state index in [-0.39, 0.29) is 11.6 Å². The van der Waals surface area contributed by atoms with Crippen LogP contribution in [0.2, 0.25) is 0 Å². The Bertz CT molecular complexity index is 369. The SMILES string of the molecule is O=C(CCl)Nc1cccnc1[N+](=O)[O-]. The Morgan fingerprint density at radius 2 is 2.43 bits per heavy atom. The van der Waals surface area contributed by atoms with Gasteiger partial charge >= 0.3 is 5.82 Å². The zero-order valence-corrected chi connectivity index (χ0v) is 7.69. The van der Waals surface area contributed by atoms with E-state index in [2.05, 4.69) is 10.3 Å². The van der Waals surface area contributed by atoms with Gasteiger partial charge in [0.2, 0.25) is 5.91 Å². The van der Waals surface area contributed by atoms with Gasteiger partial charge in [-0.3, -0.25) is 4.79 Å². The molecule has 0 aliphatic rings. The molecule has 0 aromatic carbocycles. The highest BCUT2D eigenvalue weighted by Crippen LogP contribution is 2.19.